The first-order valence-corrected chi connectivity index (χ1v) is 8.51. The third-order valence-electron chi connectivity index (χ3n) is 4.61. The first kappa shape index (κ1) is 16.6. The van der Waals surface area contributed by atoms with Crippen molar-refractivity contribution in [2.24, 2.45) is 0 Å². The lowest BCUT2D eigenvalue weighted by molar-refractivity contribution is -0.135. The van der Waals surface area contributed by atoms with Crippen molar-refractivity contribution in [1.29, 1.82) is 0 Å². The van der Waals surface area contributed by atoms with Crippen molar-refractivity contribution in [3.63, 3.8) is 0 Å². The predicted molar refractivity (Wildman–Crippen MR) is 89.9 cm³/mol. The molecule has 1 aromatic heterocycles. The Labute approximate surface area is 142 Å². The van der Waals surface area contributed by atoms with Gasteiger partial charge < -0.3 is 10.0 Å². The Morgan fingerprint density at radius 1 is 1.25 bits per heavy atom. The lowest BCUT2D eigenvalue weighted by Crippen LogP contribution is -2.44. The first-order chi connectivity index (χ1) is 11.6. The Morgan fingerprint density at radius 3 is 2.67 bits per heavy atom. The third-order valence-corrected chi connectivity index (χ3v) is 4.61. The van der Waals surface area contributed by atoms with Gasteiger partial charge in [0, 0.05) is 19.5 Å². The Balaban J connectivity index is 1.66. The predicted octanol–water partition coefficient (Wildman–Crippen LogP) is 2.00. The fourth-order valence-electron chi connectivity index (χ4n) is 3.30. The average Bonchev–Trinajstić information content (AvgIpc) is 3.25. The van der Waals surface area contributed by atoms with Gasteiger partial charge in [0.05, 0.1) is 12.1 Å². The number of hydrogen-bond acceptors (Lipinski definition) is 4. The molecule has 1 amide bonds. The van der Waals surface area contributed by atoms with Crippen LogP contribution in [0.2, 0.25) is 0 Å². The highest BCUT2D eigenvalue weighted by Crippen LogP contribution is 2.30. The number of amides is 1. The summed E-state index contributed by atoms with van der Waals surface area (Å²) in [7, 11) is 0. The molecular weight excluding hydrogens is 304 g/mol. The Hall–Kier alpha value is -2.21. The zero-order chi connectivity index (χ0) is 16.8. The van der Waals surface area contributed by atoms with Gasteiger partial charge in [0.25, 0.3) is 0 Å². The standard InChI is InChI=1S/C18H24N4O2/c23-17(8-11-22-15-19-14-20-22)21(12-16-6-2-1-3-7-16)13-18(24)9-4-5-10-18/h1-3,6-7,14-15,24H,4-5,8-13H2. The molecule has 0 bridgehead atoms. The van der Waals surface area contributed by atoms with Crippen molar-refractivity contribution in [3.8, 4) is 0 Å². The van der Waals surface area contributed by atoms with E-state index < -0.39 is 5.60 Å². The van der Waals surface area contributed by atoms with Crippen molar-refractivity contribution in [2.45, 2.75) is 50.8 Å². The van der Waals surface area contributed by atoms with Crippen LogP contribution in [-0.4, -0.2) is 42.8 Å². The molecule has 1 heterocycles. The molecule has 0 atom stereocenters. The van der Waals surface area contributed by atoms with E-state index in [0.717, 1.165) is 31.2 Å². The van der Waals surface area contributed by atoms with Crippen molar-refractivity contribution in [1.82, 2.24) is 19.7 Å². The summed E-state index contributed by atoms with van der Waals surface area (Å²) in [6, 6.07) is 9.92. The van der Waals surface area contributed by atoms with Crippen LogP contribution in [0.25, 0.3) is 0 Å². The van der Waals surface area contributed by atoms with E-state index in [2.05, 4.69) is 10.1 Å². The molecule has 0 spiro atoms. The second-order valence-electron chi connectivity index (χ2n) is 6.58. The lowest BCUT2D eigenvalue weighted by Gasteiger charge is -2.31. The normalized spacial score (nSPS) is 16.2. The zero-order valence-electron chi connectivity index (χ0n) is 13.8. The maximum Gasteiger partial charge on any atom is 0.224 e. The molecule has 0 unspecified atom stereocenters. The van der Waals surface area contributed by atoms with E-state index in [1.807, 2.05) is 30.3 Å². The van der Waals surface area contributed by atoms with Gasteiger partial charge in [-0.05, 0) is 18.4 Å². The van der Waals surface area contributed by atoms with Gasteiger partial charge in [-0.25, -0.2) is 4.98 Å². The number of rotatable bonds is 7. The molecule has 1 N–H and O–H groups in total. The number of aryl methyl sites for hydroxylation is 1. The molecule has 3 rings (SSSR count). The van der Waals surface area contributed by atoms with E-state index in [4.69, 9.17) is 0 Å². The molecule has 1 aliphatic carbocycles. The molecule has 1 aliphatic rings. The summed E-state index contributed by atoms with van der Waals surface area (Å²) < 4.78 is 1.66. The van der Waals surface area contributed by atoms with E-state index in [0.29, 0.717) is 26.1 Å². The van der Waals surface area contributed by atoms with Gasteiger partial charge in [0.15, 0.2) is 0 Å². The van der Waals surface area contributed by atoms with E-state index in [-0.39, 0.29) is 5.91 Å². The number of aromatic nitrogens is 3. The van der Waals surface area contributed by atoms with Gasteiger partial charge in [0.2, 0.25) is 5.91 Å². The Morgan fingerprint density at radius 2 is 2.00 bits per heavy atom. The van der Waals surface area contributed by atoms with Crippen molar-refractivity contribution in [2.75, 3.05) is 6.54 Å². The molecule has 1 aromatic carbocycles. The Bertz CT molecular complexity index is 636. The largest absolute Gasteiger partial charge is 0.388 e. The van der Waals surface area contributed by atoms with Crippen LogP contribution in [0, 0.1) is 0 Å². The fraction of sp³-hybridized carbons (Fsp3) is 0.500. The van der Waals surface area contributed by atoms with E-state index in [1.54, 1.807) is 15.9 Å². The third kappa shape index (κ3) is 4.41. The molecule has 0 saturated heterocycles. The molecule has 2 aromatic rings. The summed E-state index contributed by atoms with van der Waals surface area (Å²) in [6.07, 6.45) is 7.04. The highest BCUT2D eigenvalue weighted by atomic mass is 16.3. The van der Waals surface area contributed by atoms with E-state index in [1.165, 1.54) is 6.33 Å². The minimum absolute atomic E-state index is 0.0367. The summed E-state index contributed by atoms with van der Waals surface area (Å²) >= 11 is 0. The Kier molecular flexibility index (Phi) is 5.25. The molecule has 1 saturated carbocycles. The molecule has 24 heavy (non-hydrogen) atoms. The van der Waals surface area contributed by atoms with Gasteiger partial charge >= 0.3 is 0 Å². The van der Waals surface area contributed by atoms with Crippen molar-refractivity contribution < 1.29 is 9.90 Å². The maximum absolute atomic E-state index is 12.7. The summed E-state index contributed by atoms with van der Waals surface area (Å²) in [6.45, 7) is 1.43. The van der Waals surface area contributed by atoms with Crippen LogP contribution in [0.4, 0.5) is 0 Å². The minimum Gasteiger partial charge on any atom is -0.388 e. The molecule has 1 fully saturated rings. The second-order valence-corrected chi connectivity index (χ2v) is 6.58. The summed E-state index contributed by atoms with van der Waals surface area (Å²) in [5, 5.41) is 14.8. The molecular formula is C18H24N4O2. The van der Waals surface area contributed by atoms with Crippen molar-refractivity contribution in [3.05, 3.63) is 48.5 Å². The zero-order valence-corrected chi connectivity index (χ0v) is 13.8. The molecule has 0 aliphatic heterocycles. The van der Waals surface area contributed by atoms with Crippen LogP contribution in [-0.2, 0) is 17.9 Å². The van der Waals surface area contributed by atoms with E-state index >= 15 is 0 Å². The van der Waals surface area contributed by atoms with Gasteiger partial charge in [-0.2, -0.15) is 5.10 Å². The maximum atomic E-state index is 12.7. The second kappa shape index (κ2) is 7.57. The van der Waals surface area contributed by atoms with Crippen LogP contribution in [0.15, 0.2) is 43.0 Å². The molecule has 128 valence electrons. The number of aliphatic hydroxyl groups is 1. The highest BCUT2D eigenvalue weighted by Gasteiger charge is 2.34. The lowest BCUT2D eigenvalue weighted by atomic mass is 10.0. The topological polar surface area (TPSA) is 71.2 Å². The van der Waals surface area contributed by atoms with Gasteiger partial charge in [-0.3, -0.25) is 9.48 Å². The van der Waals surface area contributed by atoms with Crippen LogP contribution < -0.4 is 0 Å². The number of hydrogen-bond donors (Lipinski definition) is 1. The monoisotopic (exact) mass is 328 g/mol. The number of carbonyl (C=O) groups excluding carboxylic acids is 1. The number of benzene rings is 1. The SMILES string of the molecule is O=C(CCn1cncn1)N(Cc1ccccc1)CC1(O)CCCC1. The quantitative estimate of drug-likeness (QED) is 0.844. The van der Waals surface area contributed by atoms with E-state index in [9.17, 15) is 9.90 Å². The number of nitrogens with zero attached hydrogens (tertiary/aromatic N) is 4. The molecule has 6 heteroatoms. The molecule has 0 radical (unpaired) electrons. The smallest absolute Gasteiger partial charge is 0.224 e. The van der Waals surface area contributed by atoms with Crippen LogP contribution in [0.5, 0.6) is 0 Å². The van der Waals surface area contributed by atoms with Crippen LogP contribution >= 0.6 is 0 Å². The van der Waals surface area contributed by atoms with Crippen molar-refractivity contribution >= 4 is 5.91 Å². The van der Waals surface area contributed by atoms with Gasteiger partial charge in [0.1, 0.15) is 12.7 Å². The average molecular weight is 328 g/mol. The van der Waals surface area contributed by atoms with Gasteiger partial charge in [-0.15, -0.1) is 0 Å². The van der Waals surface area contributed by atoms with Gasteiger partial charge in [-0.1, -0.05) is 43.2 Å². The summed E-state index contributed by atoms with van der Waals surface area (Å²) in [5.74, 6) is 0.0367. The summed E-state index contributed by atoms with van der Waals surface area (Å²) in [5.41, 5.74) is 0.339. The summed E-state index contributed by atoms with van der Waals surface area (Å²) in [4.78, 5) is 18.4. The van der Waals surface area contributed by atoms with Crippen LogP contribution in [0.3, 0.4) is 0 Å². The fourth-order valence-corrected chi connectivity index (χ4v) is 3.30. The first-order valence-electron chi connectivity index (χ1n) is 8.51. The highest BCUT2D eigenvalue weighted by molar-refractivity contribution is 5.76. The minimum atomic E-state index is -0.738. The molecule has 6 nitrogen and oxygen atoms in total. The number of carbonyl (C=O) groups is 1. The van der Waals surface area contributed by atoms with Crippen LogP contribution in [0.1, 0.15) is 37.7 Å².